The first-order valence-corrected chi connectivity index (χ1v) is 15.9. The van der Waals surface area contributed by atoms with Crippen LogP contribution in [0.2, 0.25) is 0 Å². The van der Waals surface area contributed by atoms with Crippen LogP contribution in [0, 0.1) is 0 Å². The number of methoxy groups -OCH3 is 1. The number of carbonyl (C=O) groups is 1. The average Bonchev–Trinajstić information content (AvgIpc) is 2.94. The van der Waals surface area contributed by atoms with E-state index in [1.165, 1.54) is 21.6 Å². The molecule has 5 unspecified atom stereocenters. The molecule has 6 N–H and O–H groups in total. The van der Waals surface area contributed by atoms with Crippen molar-refractivity contribution in [1.82, 2.24) is 10.2 Å². The zero-order valence-corrected chi connectivity index (χ0v) is 27.7. The summed E-state index contributed by atoms with van der Waals surface area (Å²) in [6, 6.07) is -0.897. The normalized spacial score (nSPS) is 30.5. The number of aliphatic hydroxyl groups excluding tert-OH is 1. The monoisotopic (exact) mass is 605 g/mol. The number of aliphatic hydroxyl groups is 1. The molecule has 2 rings (SSSR count). The number of nitrogens with one attached hydrogen (secondary N) is 1. The van der Waals surface area contributed by atoms with Crippen LogP contribution in [-0.2, 0) is 19.0 Å². The second-order valence-corrected chi connectivity index (χ2v) is 12.5. The van der Waals surface area contributed by atoms with Crippen molar-refractivity contribution in [3.8, 4) is 0 Å². The first kappa shape index (κ1) is 37.3. The molecular formula is C33H59N5O5. The predicted octanol–water partition coefficient (Wildman–Crippen LogP) is 3.59. The minimum Gasteiger partial charge on any atom is -0.391 e. The fourth-order valence-electron chi connectivity index (χ4n) is 5.68. The molecule has 0 spiro atoms. The van der Waals surface area contributed by atoms with Gasteiger partial charge in [0.15, 0.2) is 6.29 Å². The van der Waals surface area contributed by atoms with Crippen LogP contribution in [-0.4, -0.2) is 98.3 Å². The van der Waals surface area contributed by atoms with E-state index in [9.17, 15) is 9.90 Å². The van der Waals surface area contributed by atoms with E-state index in [4.69, 9.17) is 25.7 Å². The van der Waals surface area contributed by atoms with Gasteiger partial charge in [-0.1, -0.05) is 35.8 Å². The van der Waals surface area contributed by atoms with Gasteiger partial charge < -0.3 is 41.0 Å². The predicted molar refractivity (Wildman–Crippen MR) is 174 cm³/mol. The third-order valence-electron chi connectivity index (χ3n) is 8.30. The molecule has 246 valence electrons. The highest BCUT2D eigenvalue weighted by atomic mass is 16.7. The Labute approximate surface area is 260 Å². The van der Waals surface area contributed by atoms with Gasteiger partial charge in [-0.25, -0.2) is 0 Å². The van der Waals surface area contributed by atoms with Gasteiger partial charge in [-0.3, -0.25) is 9.79 Å². The molecule has 1 aliphatic carbocycles. The second kappa shape index (κ2) is 18.8. The highest BCUT2D eigenvalue weighted by Crippen LogP contribution is 2.35. The molecule has 0 bridgehead atoms. The SMILES string of the molecule is CCNCC1CCC(N)[C@@H](OC2(N)CC(O)C(N(C)C(=O)CN=C/C=C(\C)CC/C=C(\C)CCC=C(C)C)[C@@H](OC)C2)O1. The molecule has 1 aliphatic heterocycles. The van der Waals surface area contributed by atoms with Crippen LogP contribution in [0.3, 0.4) is 0 Å². The summed E-state index contributed by atoms with van der Waals surface area (Å²) in [5.74, 6) is -0.210. The maximum absolute atomic E-state index is 13.0. The lowest BCUT2D eigenvalue weighted by molar-refractivity contribution is -0.273. The minimum atomic E-state index is -1.21. The summed E-state index contributed by atoms with van der Waals surface area (Å²) < 4.78 is 18.1. The van der Waals surface area contributed by atoms with Gasteiger partial charge in [-0.15, -0.1) is 0 Å². The van der Waals surface area contributed by atoms with Crippen LogP contribution in [0.15, 0.2) is 39.9 Å². The Morgan fingerprint density at radius 3 is 2.51 bits per heavy atom. The molecule has 1 heterocycles. The summed E-state index contributed by atoms with van der Waals surface area (Å²) in [5.41, 5.74) is 15.7. The van der Waals surface area contributed by atoms with Gasteiger partial charge in [0.05, 0.1) is 30.4 Å². The number of hydrogen-bond acceptors (Lipinski definition) is 9. The van der Waals surface area contributed by atoms with E-state index in [-0.39, 0.29) is 37.4 Å². The van der Waals surface area contributed by atoms with Gasteiger partial charge in [-0.2, -0.15) is 0 Å². The van der Waals surface area contributed by atoms with E-state index in [2.05, 4.69) is 50.2 Å². The first-order valence-electron chi connectivity index (χ1n) is 15.9. The molecule has 10 heteroatoms. The minimum absolute atomic E-state index is 0.0144. The van der Waals surface area contributed by atoms with Crippen LogP contribution in [0.1, 0.15) is 86.0 Å². The van der Waals surface area contributed by atoms with Crippen molar-refractivity contribution in [2.24, 2.45) is 16.5 Å². The number of allylic oxidation sites excluding steroid dienone is 6. The first-order chi connectivity index (χ1) is 20.4. The zero-order valence-electron chi connectivity index (χ0n) is 27.7. The van der Waals surface area contributed by atoms with Crippen molar-refractivity contribution in [3.05, 3.63) is 34.9 Å². The van der Waals surface area contributed by atoms with E-state index in [1.807, 2.05) is 13.0 Å². The molecule has 1 amide bonds. The van der Waals surface area contributed by atoms with Crippen molar-refractivity contribution >= 4 is 12.1 Å². The molecule has 0 aromatic heterocycles. The van der Waals surface area contributed by atoms with Crippen LogP contribution in [0.25, 0.3) is 0 Å². The highest BCUT2D eigenvalue weighted by molar-refractivity contribution is 5.81. The molecule has 1 saturated carbocycles. The molecule has 0 aromatic carbocycles. The Bertz CT molecular complexity index is 977. The number of amides is 1. The maximum Gasteiger partial charge on any atom is 0.244 e. The molecule has 2 aliphatic rings. The Hall–Kier alpha value is -1.92. The van der Waals surface area contributed by atoms with Crippen LogP contribution >= 0.6 is 0 Å². The molecule has 43 heavy (non-hydrogen) atoms. The summed E-state index contributed by atoms with van der Waals surface area (Å²) in [4.78, 5) is 18.9. The number of aliphatic imine (C=N–C) groups is 1. The van der Waals surface area contributed by atoms with Gasteiger partial charge in [-0.05, 0) is 78.8 Å². The Kier molecular flexibility index (Phi) is 16.3. The van der Waals surface area contributed by atoms with Crippen molar-refractivity contribution in [2.45, 2.75) is 128 Å². The maximum atomic E-state index is 13.0. The van der Waals surface area contributed by atoms with Crippen LogP contribution in [0.4, 0.5) is 0 Å². The van der Waals surface area contributed by atoms with E-state index >= 15 is 0 Å². The van der Waals surface area contributed by atoms with Crippen molar-refractivity contribution in [3.63, 3.8) is 0 Å². The summed E-state index contributed by atoms with van der Waals surface area (Å²) in [6.07, 6.45) is 12.1. The van der Waals surface area contributed by atoms with E-state index in [1.54, 1.807) is 20.4 Å². The lowest BCUT2D eigenvalue weighted by atomic mass is 9.82. The number of carbonyl (C=O) groups excluding carboxylic acids is 1. The number of hydrogen-bond donors (Lipinski definition) is 4. The third-order valence-corrected chi connectivity index (χ3v) is 8.30. The topological polar surface area (TPSA) is 145 Å². The lowest BCUT2D eigenvalue weighted by Crippen LogP contribution is -2.65. The molecule has 7 atom stereocenters. The van der Waals surface area contributed by atoms with Crippen molar-refractivity contribution in [2.75, 3.05) is 33.8 Å². The van der Waals surface area contributed by atoms with Gasteiger partial charge >= 0.3 is 0 Å². The fraction of sp³-hybridized carbons (Fsp3) is 0.758. The quantitative estimate of drug-likeness (QED) is 0.119. The van der Waals surface area contributed by atoms with Gasteiger partial charge in [0.25, 0.3) is 0 Å². The largest absolute Gasteiger partial charge is 0.391 e. The molecule has 1 saturated heterocycles. The van der Waals surface area contributed by atoms with Gasteiger partial charge in [0, 0.05) is 39.8 Å². The van der Waals surface area contributed by atoms with E-state index in [0.717, 1.165) is 45.1 Å². The Balaban J connectivity index is 1.88. The number of nitrogens with zero attached hydrogens (tertiary/aromatic N) is 2. The van der Waals surface area contributed by atoms with Crippen molar-refractivity contribution in [1.29, 1.82) is 0 Å². The van der Waals surface area contributed by atoms with Crippen LogP contribution in [0.5, 0.6) is 0 Å². The summed E-state index contributed by atoms with van der Waals surface area (Å²) in [7, 11) is 3.22. The second-order valence-electron chi connectivity index (χ2n) is 12.5. The summed E-state index contributed by atoms with van der Waals surface area (Å²) >= 11 is 0. The summed E-state index contributed by atoms with van der Waals surface area (Å²) in [6.45, 7) is 12.1. The number of nitrogens with two attached hydrogens (primary N) is 2. The highest BCUT2D eigenvalue weighted by Gasteiger charge is 2.49. The van der Waals surface area contributed by atoms with E-state index < -0.39 is 30.3 Å². The smallest absolute Gasteiger partial charge is 0.244 e. The Morgan fingerprint density at radius 1 is 1.14 bits per heavy atom. The number of ether oxygens (including phenoxy) is 3. The number of likely N-dealkylation sites (N-methyl/N-ethyl adjacent to an activating group) is 2. The van der Waals surface area contributed by atoms with E-state index in [0.29, 0.717) is 6.54 Å². The third kappa shape index (κ3) is 12.9. The summed E-state index contributed by atoms with van der Waals surface area (Å²) in [5, 5.41) is 14.5. The number of rotatable bonds is 16. The molecule has 2 fully saturated rings. The molecule has 10 nitrogen and oxygen atoms in total. The molecule has 0 radical (unpaired) electrons. The lowest BCUT2D eigenvalue weighted by Gasteiger charge is -2.49. The fourth-order valence-corrected chi connectivity index (χ4v) is 5.68. The van der Waals surface area contributed by atoms with Crippen LogP contribution < -0.4 is 16.8 Å². The van der Waals surface area contributed by atoms with Gasteiger partial charge in [0.1, 0.15) is 12.3 Å². The molecule has 0 aromatic rings. The zero-order chi connectivity index (χ0) is 32.0. The molecular weight excluding hydrogens is 546 g/mol. The average molecular weight is 606 g/mol. The van der Waals surface area contributed by atoms with Gasteiger partial charge in [0.2, 0.25) is 5.91 Å². The standard InChI is InChI=1S/C33H59N5O5/c1-8-36-21-26-15-16-27(34)32(42-26)43-33(35)19-28(39)31(29(20-33)41-7)38(6)30(40)22-37-18-17-25(5)14-10-13-24(4)12-9-11-23(2)3/h11,13,17-18,26-29,31-32,36,39H,8-10,12,14-16,19-22,34-35H2,1-7H3/b24-13+,25-17+,37-18?/t26?,27?,28?,29-,31?,32+,33?/m0/s1. The Morgan fingerprint density at radius 2 is 1.84 bits per heavy atom. The van der Waals surface area contributed by atoms with Crippen molar-refractivity contribution < 1.29 is 24.1 Å².